The van der Waals surface area contributed by atoms with Gasteiger partial charge in [0.05, 0.1) is 0 Å². The van der Waals surface area contributed by atoms with Crippen LogP contribution in [0.15, 0.2) is 24.4 Å². The summed E-state index contributed by atoms with van der Waals surface area (Å²) >= 11 is 0. The lowest BCUT2D eigenvalue weighted by molar-refractivity contribution is 0.225. The average molecular weight is 168 g/mol. The van der Waals surface area contributed by atoms with E-state index in [1.54, 1.807) is 24.4 Å². The van der Waals surface area contributed by atoms with Crippen LogP contribution >= 0.6 is 0 Å². The molecule has 2 N–H and O–H groups in total. The third-order valence-electron chi connectivity index (χ3n) is 1.44. The number of nitrogens with zero attached hydrogens (tertiary/aromatic N) is 2. The second-order valence-corrected chi connectivity index (χ2v) is 2.39. The number of aliphatic hydroxyl groups excluding tert-OH is 1. The van der Waals surface area contributed by atoms with E-state index in [9.17, 15) is 5.21 Å². The van der Waals surface area contributed by atoms with Gasteiger partial charge in [-0.2, -0.15) is 0 Å². The molecular formula is C8H12N2O2. The minimum Gasteiger partial charge on any atom is -0.396 e. The van der Waals surface area contributed by atoms with E-state index < -0.39 is 0 Å². The van der Waals surface area contributed by atoms with Crippen molar-refractivity contribution >= 4 is 5.82 Å². The highest BCUT2D eigenvalue weighted by atomic mass is 16.5. The standard InChI is InChI=1S/C8H12N2O2/c11-7-3-6-10(12)8-4-1-2-5-9-8/h1-2,4-5,11-12H,3,6-7H2. The van der Waals surface area contributed by atoms with Gasteiger partial charge in [-0.1, -0.05) is 6.07 Å². The largest absolute Gasteiger partial charge is 0.396 e. The molecule has 0 amide bonds. The fourth-order valence-corrected chi connectivity index (χ4v) is 0.841. The van der Waals surface area contributed by atoms with E-state index in [2.05, 4.69) is 4.98 Å². The Balaban J connectivity index is 2.48. The Morgan fingerprint density at radius 2 is 2.25 bits per heavy atom. The maximum Gasteiger partial charge on any atom is 0.152 e. The summed E-state index contributed by atoms with van der Waals surface area (Å²) in [7, 11) is 0. The molecule has 0 aromatic carbocycles. The predicted molar refractivity (Wildman–Crippen MR) is 45.1 cm³/mol. The number of aliphatic hydroxyl groups is 1. The second-order valence-electron chi connectivity index (χ2n) is 2.39. The van der Waals surface area contributed by atoms with Crippen molar-refractivity contribution in [2.24, 2.45) is 0 Å². The van der Waals surface area contributed by atoms with Gasteiger partial charge < -0.3 is 5.11 Å². The summed E-state index contributed by atoms with van der Waals surface area (Å²) in [4.78, 5) is 3.93. The zero-order valence-corrected chi connectivity index (χ0v) is 6.72. The molecule has 0 aliphatic heterocycles. The molecule has 4 heteroatoms. The van der Waals surface area contributed by atoms with Crippen LogP contribution in [0.25, 0.3) is 0 Å². The van der Waals surface area contributed by atoms with Crippen molar-refractivity contribution in [3.63, 3.8) is 0 Å². The summed E-state index contributed by atoms with van der Waals surface area (Å²) < 4.78 is 0. The minimum absolute atomic E-state index is 0.0733. The average Bonchev–Trinajstić information content (AvgIpc) is 2.15. The lowest BCUT2D eigenvalue weighted by atomic mass is 10.4. The molecule has 1 aromatic rings. The molecule has 0 saturated heterocycles. The van der Waals surface area contributed by atoms with E-state index in [0.717, 1.165) is 5.06 Å². The maximum atomic E-state index is 9.31. The Labute approximate surface area is 71.0 Å². The molecule has 0 fully saturated rings. The number of aromatic nitrogens is 1. The lowest BCUT2D eigenvalue weighted by Gasteiger charge is -2.14. The summed E-state index contributed by atoms with van der Waals surface area (Å²) in [6.07, 6.45) is 2.14. The molecule has 0 atom stereocenters. The van der Waals surface area contributed by atoms with Crippen LogP contribution in [-0.2, 0) is 0 Å². The lowest BCUT2D eigenvalue weighted by Crippen LogP contribution is -2.21. The Morgan fingerprint density at radius 1 is 1.42 bits per heavy atom. The van der Waals surface area contributed by atoms with Crippen LogP contribution in [0.2, 0.25) is 0 Å². The van der Waals surface area contributed by atoms with Gasteiger partial charge in [0.2, 0.25) is 0 Å². The number of pyridine rings is 1. The van der Waals surface area contributed by atoms with Gasteiger partial charge >= 0.3 is 0 Å². The van der Waals surface area contributed by atoms with E-state index >= 15 is 0 Å². The van der Waals surface area contributed by atoms with E-state index in [-0.39, 0.29) is 6.61 Å². The highest BCUT2D eigenvalue weighted by Crippen LogP contribution is 2.05. The molecule has 0 aliphatic carbocycles. The molecule has 1 heterocycles. The SMILES string of the molecule is OCCCN(O)c1ccccn1. The van der Waals surface area contributed by atoms with Crippen LogP contribution in [0, 0.1) is 0 Å². The Morgan fingerprint density at radius 3 is 2.83 bits per heavy atom. The van der Waals surface area contributed by atoms with Gasteiger partial charge in [0.15, 0.2) is 5.82 Å². The third kappa shape index (κ3) is 2.48. The van der Waals surface area contributed by atoms with Gasteiger partial charge in [0.1, 0.15) is 0 Å². The first kappa shape index (κ1) is 8.96. The van der Waals surface area contributed by atoms with Crippen molar-refractivity contribution < 1.29 is 10.3 Å². The van der Waals surface area contributed by atoms with Gasteiger partial charge in [-0.15, -0.1) is 0 Å². The zero-order chi connectivity index (χ0) is 8.81. The third-order valence-corrected chi connectivity index (χ3v) is 1.44. The zero-order valence-electron chi connectivity index (χ0n) is 6.72. The highest BCUT2D eigenvalue weighted by molar-refractivity contribution is 5.33. The summed E-state index contributed by atoms with van der Waals surface area (Å²) in [5.74, 6) is 0.506. The Kier molecular flexibility index (Phi) is 3.50. The van der Waals surface area contributed by atoms with E-state index in [0.29, 0.717) is 18.8 Å². The summed E-state index contributed by atoms with van der Waals surface area (Å²) in [6.45, 7) is 0.470. The highest BCUT2D eigenvalue weighted by Gasteiger charge is 2.00. The first-order valence-electron chi connectivity index (χ1n) is 3.83. The molecule has 0 aliphatic rings. The molecule has 66 valence electrons. The number of rotatable bonds is 4. The van der Waals surface area contributed by atoms with Crippen molar-refractivity contribution in [3.05, 3.63) is 24.4 Å². The smallest absolute Gasteiger partial charge is 0.152 e. The first-order chi connectivity index (χ1) is 5.84. The summed E-state index contributed by atoms with van der Waals surface area (Å²) in [5.41, 5.74) is 0. The Hall–Kier alpha value is -1.13. The molecule has 0 unspecified atom stereocenters. The molecule has 1 rings (SSSR count). The summed E-state index contributed by atoms with van der Waals surface area (Å²) in [5, 5.41) is 18.8. The van der Waals surface area contributed by atoms with Crippen LogP contribution in [-0.4, -0.2) is 28.4 Å². The van der Waals surface area contributed by atoms with Crippen LogP contribution < -0.4 is 5.06 Å². The fourth-order valence-electron chi connectivity index (χ4n) is 0.841. The molecule has 0 saturated carbocycles. The number of hydroxylamine groups is 1. The van der Waals surface area contributed by atoms with Crippen molar-refractivity contribution in [2.45, 2.75) is 6.42 Å². The van der Waals surface area contributed by atoms with Crippen LogP contribution in [0.3, 0.4) is 0 Å². The number of hydrogen-bond donors (Lipinski definition) is 2. The quantitative estimate of drug-likeness (QED) is 0.648. The van der Waals surface area contributed by atoms with Gasteiger partial charge in [0, 0.05) is 19.3 Å². The normalized spacial score (nSPS) is 9.83. The second kappa shape index (κ2) is 4.69. The molecule has 0 bridgehead atoms. The topological polar surface area (TPSA) is 56.6 Å². The number of hydrogen-bond acceptors (Lipinski definition) is 4. The molecule has 4 nitrogen and oxygen atoms in total. The van der Waals surface area contributed by atoms with Crippen LogP contribution in [0.1, 0.15) is 6.42 Å². The van der Waals surface area contributed by atoms with Gasteiger partial charge in [-0.05, 0) is 18.6 Å². The molecule has 0 radical (unpaired) electrons. The van der Waals surface area contributed by atoms with E-state index in [1.807, 2.05) is 0 Å². The fraction of sp³-hybridized carbons (Fsp3) is 0.375. The molecule has 0 spiro atoms. The van der Waals surface area contributed by atoms with E-state index in [1.165, 1.54) is 0 Å². The minimum atomic E-state index is 0.0733. The van der Waals surface area contributed by atoms with Gasteiger partial charge in [-0.3, -0.25) is 5.21 Å². The summed E-state index contributed by atoms with van der Waals surface area (Å²) in [6, 6.07) is 5.28. The molecule has 1 aromatic heterocycles. The van der Waals surface area contributed by atoms with Crippen molar-refractivity contribution in [1.82, 2.24) is 4.98 Å². The van der Waals surface area contributed by atoms with Gasteiger partial charge in [-0.25, -0.2) is 10.0 Å². The molecule has 12 heavy (non-hydrogen) atoms. The van der Waals surface area contributed by atoms with Crippen molar-refractivity contribution in [3.8, 4) is 0 Å². The van der Waals surface area contributed by atoms with Gasteiger partial charge in [0.25, 0.3) is 0 Å². The Bertz CT molecular complexity index is 216. The maximum absolute atomic E-state index is 9.31. The molecular weight excluding hydrogens is 156 g/mol. The number of anilines is 1. The van der Waals surface area contributed by atoms with Crippen molar-refractivity contribution in [2.75, 3.05) is 18.2 Å². The van der Waals surface area contributed by atoms with E-state index in [4.69, 9.17) is 5.11 Å². The predicted octanol–water partition coefficient (Wildman–Crippen LogP) is 0.660. The van der Waals surface area contributed by atoms with Crippen LogP contribution in [0.5, 0.6) is 0 Å². The monoisotopic (exact) mass is 168 g/mol. The first-order valence-corrected chi connectivity index (χ1v) is 3.83. The van der Waals surface area contributed by atoms with Crippen molar-refractivity contribution in [1.29, 1.82) is 0 Å². The van der Waals surface area contributed by atoms with Crippen LogP contribution in [0.4, 0.5) is 5.82 Å².